The zero-order valence-corrected chi connectivity index (χ0v) is 11.4. The van der Waals surface area contributed by atoms with E-state index in [1.54, 1.807) is 0 Å². The highest BCUT2D eigenvalue weighted by atomic mass is 16.5. The van der Waals surface area contributed by atoms with E-state index in [4.69, 9.17) is 4.74 Å². The largest absolute Gasteiger partial charge is 0.380 e. The SMILES string of the molecule is CCCC(C)(CNC)CN1CCC(OC)C1. The van der Waals surface area contributed by atoms with Crippen LogP contribution >= 0.6 is 0 Å². The minimum Gasteiger partial charge on any atom is -0.380 e. The van der Waals surface area contributed by atoms with Crippen LogP contribution in [0.15, 0.2) is 0 Å². The molecule has 1 rings (SSSR count). The molecule has 0 aromatic rings. The molecule has 0 saturated carbocycles. The molecule has 1 aliphatic heterocycles. The first kappa shape index (κ1) is 13.9. The molecule has 1 saturated heterocycles. The van der Waals surface area contributed by atoms with E-state index in [9.17, 15) is 0 Å². The fourth-order valence-corrected chi connectivity index (χ4v) is 2.93. The molecule has 1 heterocycles. The van der Waals surface area contributed by atoms with Gasteiger partial charge in [-0.25, -0.2) is 0 Å². The molecule has 2 atom stereocenters. The van der Waals surface area contributed by atoms with Crippen LogP contribution in [0.5, 0.6) is 0 Å². The number of nitrogens with one attached hydrogen (secondary N) is 1. The van der Waals surface area contributed by atoms with E-state index in [0.29, 0.717) is 11.5 Å². The lowest BCUT2D eigenvalue weighted by molar-refractivity contribution is 0.0976. The van der Waals surface area contributed by atoms with Gasteiger partial charge in [-0.1, -0.05) is 20.3 Å². The average Bonchev–Trinajstić information content (AvgIpc) is 2.65. The summed E-state index contributed by atoms with van der Waals surface area (Å²) in [6, 6.07) is 0. The molecule has 96 valence electrons. The fourth-order valence-electron chi connectivity index (χ4n) is 2.93. The number of nitrogens with zero attached hydrogens (tertiary/aromatic N) is 1. The Morgan fingerprint density at radius 2 is 2.25 bits per heavy atom. The Morgan fingerprint density at radius 1 is 1.50 bits per heavy atom. The highest BCUT2D eigenvalue weighted by Gasteiger charge is 2.30. The molecule has 0 aromatic carbocycles. The lowest BCUT2D eigenvalue weighted by atomic mass is 9.85. The fraction of sp³-hybridized carbons (Fsp3) is 1.00. The Balaban J connectivity index is 2.42. The Hall–Kier alpha value is -0.120. The van der Waals surface area contributed by atoms with E-state index >= 15 is 0 Å². The van der Waals surface area contributed by atoms with Crippen molar-refractivity contribution in [2.75, 3.05) is 40.3 Å². The third-order valence-corrected chi connectivity index (χ3v) is 3.62. The lowest BCUT2D eigenvalue weighted by Gasteiger charge is -2.33. The maximum Gasteiger partial charge on any atom is 0.0710 e. The summed E-state index contributed by atoms with van der Waals surface area (Å²) < 4.78 is 5.42. The highest BCUT2D eigenvalue weighted by molar-refractivity contribution is 4.84. The summed E-state index contributed by atoms with van der Waals surface area (Å²) in [5, 5.41) is 3.33. The summed E-state index contributed by atoms with van der Waals surface area (Å²) in [5.74, 6) is 0. The zero-order valence-electron chi connectivity index (χ0n) is 11.4. The second kappa shape index (κ2) is 6.58. The van der Waals surface area contributed by atoms with Gasteiger partial charge in [-0.3, -0.25) is 0 Å². The zero-order chi connectivity index (χ0) is 12.0. The molecule has 0 bridgehead atoms. The summed E-state index contributed by atoms with van der Waals surface area (Å²) in [5.41, 5.74) is 0.409. The van der Waals surface area contributed by atoms with E-state index in [2.05, 4.69) is 31.1 Å². The summed E-state index contributed by atoms with van der Waals surface area (Å²) in [6.07, 6.45) is 4.21. The lowest BCUT2D eigenvalue weighted by Crippen LogP contribution is -2.41. The molecular weight excluding hydrogens is 200 g/mol. The van der Waals surface area contributed by atoms with Gasteiger partial charge in [0.15, 0.2) is 0 Å². The van der Waals surface area contributed by atoms with E-state index in [-0.39, 0.29) is 0 Å². The van der Waals surface area contributed by atoms with Crippen molar-refractivity contribution in [1.82, 2.24) is 10.2 Å². The molecule has 0 spiro atoms. The molecule has 0 amide bonds. The van der Waals surface area contributed by atoms with E-state index in [0.717, 1.165) is 13.1 Å². The van der Waals surface area contributed by atoms with Crippen LogP contribution in [-0.4, -0.2) is 51.3 Å². The minimum absolute atomic E-state index is 0.409. The van der Waals surface area contributed by atoms with Crippen LogP contribution in [0.4, 0.5) is 0 Å². The second-order valence-electron chi connectivity index (χ2n) is 5.47. The average molecular weight is 228 g/mol. The van der Waals surface area contributed by atoms with E-state index in [1.807, 2.05) is 7.11 Å². The van der Waals surface area contributed by atoms with Crippen molar-refractivity contribution >= 4 is 0 Å². The first-order chi connectivity index (χ1) is 7.63. The van der Waals surface area contributed by atoms with Crippen molar-refractivity contribution in [2.24, 2.45) is 5.41 Å². The van der Waals surface area contributed by atoms with Gasteiger partial charge >= 0.3 is 0 Å². The van der Waals surface area contributed by atoms with Gasteiger partial charge in [-0.05, 0) is 25.3 Å². The first-order valence-electron chi connectivity index (χ1n) is 6.53. The van der Waals surface area contributed by atoms with Gasteiger partial charge < -0.3 is 15.0 Å². The topological polar surface area (TPSA) is 24.5 Å². The van der Waals surface area contributed by atoms with Crippen LogP contribution in [0.3, 0.4) is 0 Å². The molecule has 1 fully saturated rings. The van der Waals surface area contributed by atoms with Crippen molar-refractivity contribution in [3.63, 3.8) is 0 Å². The maximum absolute atomic E-state index is 5.42. The summed E-state index contributed by atoms with van der Waals surface area (Å²) in [7, 11) is 3.88. The number of likely N-dealkylation sites (tertiary alicyclic amines) is 1. The van der Waals surface area contributed by atoms with E-state index < -0.39 is 0 Å². The molecule has 16 heavy (non-hydrogen) atoms. The van der Waals surface area contributed by atoms with Crippen molar-refractivity contribution in [3.8, 4) is 0 Å². The number of ether oxygens (including phenoxy) is 1. The Morgan fingerprint density at radius 3 is 2.75 bits per heavy atom. The predicted molar refractivity (Wildman–Crippen MR) is 68.8 cm³/mol. The van der Waals surface area contributed by atoms with Crippen molar-refractivity contribution in [1.29, 1.82) is 0 Å². The summed E-state index contributed by atoms with van der Waals surface area (Å²) in [6.45, 7) is 9.28. The molecule has 3 heteroatoms. The van der Waals surface area contributed by atoms with Crippen molar-refractivity contribution in [2.45, 2.75) is 39.2 Å². The number of hydrogen-bond acceptors (Lipinski definition) is 3. The normalized spacial score (nSPS) is 25.9. The third-order valence-electron chi connectivity index (χ3n) is 3.62. The monoisotopic (exact) mass is 228 g/mol. The number of methoxy groups -OCH3 is 1. The van der Waals surface area contributed by atoms with Crippen molar-refractivity contribution in [3.05, 3.63) is 0 Å². The molecule has 0 radical (unpaired) electrons. The molecule has 2 unspecified atom stereocenters. The molecule has 1 aliphatic rings. The Labute approximate surface area is 101 Å². The molecular formula is C13H28N2O. The van der Waals surface area contributed by atoms with Gasteiger partial charge in [-0.15, -0.1) is 0 Å². The smallest absolute Gasteiger partial charge is 0.0710 e. The van der Waals surface area contributed by atoms with Crippen LogP contribution < -0.4 is 5.32 Å². The maximum atomic E-state index is 5.42. The van der Waals surface area contributed by atoms with Gasteiger partial charge in [0.1, 0.15) is 0 Å². The second-order valence-corrected chi connectivity index (χ2v) is 5.47. The molecule has 1 N–H and O–H groups in total. The van der Waals surface area contributed by atoms with Gasteiger partial charge in [-0.2, -0.15) is 0 Å². The first-order valence-corrected chi connectivity index (χ1v) is 6.53. The van der Waals surface area contributed by atoms with Crippen LogP contribution in [0.2, 0.25) is 0 Å². The Kier molecular flexibility index (Phi) is 5.73. The number of hydrogen-bond donors (Lipinski definition) is 1. The molecule has 3 nitrogen and oxygen atoms in total. The summed E-state index contributed by atoms with van der Waals surface area (Å²) in [4.78, 5) is 2.56. The van der Waals surface area contributed by atoms with Crippen LogP contribution in [0.25, 0.3) is 0 Å². The Bertz CT molecular complexity index is 190. The quantitative estimate of drug-likeness (QED) is 0.718. The predicted octanol–water partition coefficient (Wildman–Crippen LogP) is 1.73. The minimum atomic E-state index is 0.409. The van der Waals surface area contributed by atoms with Gasteiger partial charge in [0.05, 0.1) is 6.10 Å². The van der Waals surface area contributed by atoms with Gasteiger partial charge in [0, 0.05) is 33.3 Å². The molecule has 0 aromatic heterocycles. The van der Waals surface area contributed by atoms with Gasteiger partial charge in [0.25, 0.3) is 0 Å². The van der Waals surface area contributed by atoms with Crippen LogP contribution in [0.1, 0.15) is 33.1 Å². The summed E-state index contributed by atoms with van der Waals surface area (Å²) >= 11 is 0. The van der Waals surface area contributed by atoms with Crippen LogP contribution in [0, 0.1) is 5.41 Å². The molecule has 0 aliphatic carbocycles. The van der Waals surface area contributed by atoms with Crippen LogP contribution in [-0.2, 0) is 4.74 Å². The van der Waals surface area contributed by atoms with Gasteiger partial charge in [0.2, 0.25) is 0 Å². The number of rotatable bonds is 7. The third kappa shape index (κ3) is 4.04. The highest BCUT2D eigenvalue weighted by Crippen LogP contribution is 2.26. The standard InChI is InChI=1S/C13H28N2O/c1-5-7-13(2,10-14-3)11-15-8-6-12(9-15)16-4/h12,14H,5-11H2,1-4H3. The van der Waals surface area contributed by atoms with E-state index in [1.165, 1.54) is 32.4 Å². The van der Waals surface area contributed by atoms with Crippen molar-refractivity contribution < 1.29 is 4.74 Å².